The SMILES string of the molecule is CN(CC(=O)NCCSc1cn[nH]n1)[C@H]1CCS(=O)(=O)C1. The first-order valence-corrected chi connectivity index (χ1v) is 9.43. The maximum atomic E-state index is 11.8. The molecule has 0 bridgehead atoms. The van der Waals surface area contributed by atoms with E-state index in [9.17, 15) is 13.2 Å². The van der Waals surface area contributed by atoms with Crippen molar-refractivity contribution < 1.29 is 13.2 Å². The van der Waals surface area contributed by atoms with Crippen molar-refractivity contribution in [2.24, 2.45) is 0 Å². The molecule has 1 aromatic rings. The van der Waals surface area contributed by atoms with Gasteiger partial charge in [0.15, 0.2) is 9.84 Å². The molecule has 2 N–H and O–H groups in total. The Morgan fingerprint density at radius 2 is 2.43 bits per heavy atom. The van der Waals surface area contributed by atoms with Crippen molar-refractivity contribution in [1.82, 2.24) is 25.6 Å². The van der Waals surface area contributed by atoms with Crippen LogP contribution in [0, 0.1) is 0 Å². The molecule has 1 amide bonds. The topological polar surface area (TPSA) is 108 Å². The molecule has 0 radical (unpaired) electrons. The summed E-state index contributed by atoms with van der Waals surface area (Å²) in [5.41, 5.74) is 0. The number of thioether (sulfide) groups is 1. The van der Waals surface area contributed by atoms with Crippen LogP contribution in [-0.4, -0.2) is 78.1 Å². The minimum Gasteiger partial charge on any atom is -0.354 e. The summed E-state index contributed by atoms with van der Waals surface area (Å²) in [5, 5.41) is 13.7. The summed E-state index contributed by atoms with van der Waals surface area (Å²) in [6.07, 6.45) is 2.23. The second kappa shape index (κ2) is 7.23. The molecule has 8 nitrogen and oxygen atoms in total. The predicted octanol–water partition coefficient (Wildman–Crippen LogP) is -0.868. The fraction of sp³-hybridized carbons (Fsp3) is 0.727. The van der Waals surface area contributed by atoms with Crippen LogP contribution in [-0.2, 0) is 14.6 Å². The number of hydrogen-bond donors (Lipinski definition) is 2. The van der Waals surface area contributed by atoms with Gasteiger partial charge in [-0.15, -0.1) is 16.9 Å². The highest BCUT2D eigenvalue weighted by Gasteiger charge is 2.31. The third-order valence-electron chi connectivity index (χ3n) is 3.29. The standard InChI is InChI=1S/C11H19N5O3S2/c1-16(9-2-5-21(18,19)8-9)7-10(17)12-3-4-20-11-6-13-15-14-11/h6,9H,2-5,7-8H2,1H3,(H,12,17)(H,13,14,15)/t9-/m0/s1. The number of nitrogens with zero attached hydrogens (tertiary/aromatic N) is 3. The van der Waals surface area contributed by atoms with Crippen molar-refractivity contribution in [1.29, 1.82) is 0 Å². The maximum absolute atomic E-state index is 11.8. The average molecular weight is 333 g/mol. The van der Waals surface area contributed by atoms with Gasteiger partial charge in [-0.25, -0.2) is 8.42 Å². The van der Waals surface area contributed by atoms with E-state index in [4.69, 9.17) is 0 Å². The zero-order valence-electron chi connectivity index (χ0n) is 11.8. The number of aromatic nitrogens is 3. The molecule has 1 aromatic heterocycles. The monoisotopic (exact) mass is 333 g/mol. The van der Waals surface area contributed by atoms with Gasteiger partial charge in [-0.1, -0.05) is 0 Å². The van der Waals surface area contributed by atoms with Crippen LogP contribution >= 0.6 is 11.8 Å². The number of nitrogens with one attached hydrogen (secondary N) is 2. The summed E-state index contributed by atoms with van der Waals surface area (Å²) in [6.45, 7) is 0.752. The lowest BCUT2D eigenvalue weighted by molar-refractivity contribution is -0.122. The lowest BCUT2D eigenvalue weighted by Gasteiger charge is -2.22. The largest absolute Gasteiger partial charge is 0.354 e. The molecular formula is C11H19N5O3S2. The van der Waals surface area contributed by atoms with E-state index in [2.05, 4.69) is 20.7 Å². The van der Waals surface area contributed by atoms with E-state index in [0.29, 0.717) is 18.7 Å². The zero-order valence-corrected chi connectivity index (χ0v) is 13.4. The lowest BCUT2D eigenvalue weighted by atomic mass is 10.2. The minimum atomic E-state index is -2.91. The van der Waals surface area contributed by atoms with Crippen LogP contribution in [0.15, 0.2) is 11.2 Å². The first-order chi connectivity index (χ1) is 9.96. The molecule has 1 fully saturated rings. The fourth-order valence-electron chi connectivity index (χ4n) is 2.14. The Hall–Kier alpha value is -1.13. The Morgan fingerprint density at radius 1 is 1.62 bits per heavy atom. The first-order valence-electron chi connectivity index (χ1n) is 6.62. The van der Waals surface area contributed by atoms with Crippen LogP contribution in [0.25, 0.3) is 0 Å². The third kappa shape index (κ3) is 5.29. The van der Waals surface area contributed by atoms with Gasteiger partial charge in [-0.05, 0) is 13.5 Å². The smallest absolute Gasteiger partial charge is 0.234 e. The predicted molar refractivity (Wildman–Crippen MR) is 79.8 cm³/mol. The normalized spacial score (nSPS) is 20.8. The summed E-state index contributed by atoms with van der Waals surface area (Å²) >= 11 is 1.50. The highest BCUT2D eigenvalue weighted by atomic mass is 32.2. The van der Waals surface area contributed by atoms with Crippen molar-refractivity contribution in [3.8, 4) is 0 Å². The van der Waals surface area contributed by atoms with E-state index in [1.54, 1.807) is 13.2 Å². The molecule has 10 heteroatoms. The first kappa shape index (κ1) is 16.2. The average Bonchev–Trinajstić information content (AvgIpc) is 3.04. The fourth-order valence-corrected chi connectivity index (χ4v) is 4.59. The van der Waals surface area contributed by atoms with Gasteiger partial charge in [0.25, 0.3) is 0 Å². The van der Waals surface area contributed by atoms with Crippen molar-refractivity contribution in [3.63, 3.8) is 0 Å². The molecule has 1 atom stereocenters. The number of rotatable bonds is 7. The van der Waals surface area contributed by atoms with Gasteiger partial charge in [0.2, 0.25) is 5.91 Å². The number of amides is 1. The molecule has 2 heterocycles. The number of hydrogen-bond acceptors (Lipinski definition) is 7. The Balaban J connectivity index is 1.63. The maximum Gasteiger partial charge on any atom is 0.234 e. The molecule has 2 rings (SSSR count). The zero-order chi connectivity index (χ0) is 15.3. The summed E-state index contributed by atoms with van der Waals surface area (Å²) in [6, 6.07) is -0.0507. The lowest BCUT2D eigenvalue weighted by Crippen LogP contribution is -2.41. The van der Waals surface area contributed by atoms with Crippen LogP contribution in [0.3, 0.4) is 0 Å². The Bertz CT molecular complexity index is 560. The summed E-state index contributed by atoms with van der Waals surface area (Å²) in [4.78, 5) is 13.6. The van der Waals surface area contributed by atoms with E-state index >= 15 is 0 Å². The number of likely N-dealkylation sites (N-methyl/N-ethyl adjacent to an activating group) is 1. The van der Waals surface area contributed by atoms with E-state index in [1.807, 2.05) is 4.90 Å². The molecule has 0 saturated carbocycles. The van der Waals surface area contributed by atoms with Gasteiger partial charge >= 0.3 is 0 Å². The number of carbonyl (C=O) groups excluding carboxylic acids is 1. The molecule has 1 saturated heterocycles. The van der Waals surface area contributed by atoms with Crippen LogP contribution < -0.4 is 5.32 Å². The highest BCUT2D eigenvalue weighted by molar-refractivity contribution is 7.99. The van der Waals surface area contributed by atoms with Gasteiger partial charge in [-0.3, -0.25) is 9.69 Å². The van der Waals surface area contributed by atoms with Gasteiger partial charge in [0, 0.05) is 18.3 Å². The Labute approximate surface area is 128 Å². The molecule has 1 aliphatic rings. The number of H-pyrrole nitrogens is 1. The summed E-state index contributed by atoms with van der Waals surface area (Å²) in [5.74, 6) is 0.985. The van der Waals surface area contributed by atoms with Crippen LogP contribution in [0.2, 0.25) is 0 Å². The molecular weight excluding hydrogens is 314 g/mol. The Kier molecular flexibility index (Phi) is 5.59. The quantitative estimate of drug-likeness (QED) is 0.493. The van der Waals surface area contributed by atoms with Crippen LogP contribution in [0.5, 0.6) is 0 Å². The number of aromatic amines is 1. The van der Waals surface area contributed by atoms with Gasteiger partial charge in [0.1, 0.15) is 5.03 Å². The van der Waals surface area contributed by atoms with Gasteiger partial charge < -0.3 is 5.32 Å². The van der Waals surface area contributed by atoms with Crippen molar-refractivity contribution >= 4 is 27.5 Å². The van der Waals surface area contributed by atoms with Crippen molar-refractivity contribution in [3.05, 3.63) is 6.20 Å². The van der Waals surface area contributed by atoms with Crippen LogP contribution in [0.1, 0.15) is 6.42 Å². The molecule has 0 aliphatic carbocycles. The van der Waals surface area contributed by atoms with E-state index < -0.39 is 9.84 Å². The second-order valence-corrected chi connectivity index (χ2v) is 8.32. The van der Waals surface area contributed by atoms with E-state index in [1.165, 1.54) is 11.8 Å². The summed E-state index contributed by atoms with van der Waals surface area (Å²) < 4.78 is 22.8. The van der Waals surface area contributed by atoms with Gasteiger partial charge in [0.05, 0.1) is 24.2 Å². The second-order valence-electron chi connectivity index (χ2n) is 4.98. The minimum absolute atomic E-state index is 0.0507. The molecule has 0 spiro atoms. The highest BCUT2D eigenvalue weighted by Crippen LogP contribution is 2.16. The molecule has 0 aromatic carbocycles. The van der Waals surface area contributed by atoms with Crippen LogP contribution in [0.4, 0.5) is 0 Å². The molecule has 118 valence electrons. The number of carbonyl (C=O) groups is 1. The molecule has 1 aliphatic heterocycles. The van der Waals surface area contributed by atoms with E-state index in [0.717, 1.165) is 5.03 Å². The molecule has 21 heavy (non-hydrogen) atoms. The van der Waals surface area contributed by atoms with Crippen molar-refractivity contribution in [2.75, 3.05) is 37.4 Å². The summed E-state index contributed by atoms with van der Waals surface area (Å²) in [7, 11) is -1.13. The molecule has 0 unspecified atom stereocenters. The number of sulfone groups is 1. The van der Waals surface area contributed by atoms with E-state index in [-0.39, 0.29) is 30.0 Å². The Morgan fingerprint density at radius 3 is 3.05 bits per heavy atom. The van der Waals surface area contributed by atoms with Crippen molar-refractivity contribution in [2.45, 2.75) is 17.5 Å². The van der Waals surface area contributed by atoms with Gasteiger partial charge in [-0.2, -0.15) is 10.3 Å². The third-order valence-corrected chi connectivity index (χ3v) is 5.94.